The van der Waals surface area contributed by atoms with Crippen LogP contribution in [0.3, 0.4) is 0 Å². The first kappa shape index (κ1) is 10.5. The van der Waals surface area contributed by atoms with Crippen molar-refractivity contribution in [2.75, 3.05) is 24.5 Å². The van der Waals surface area contributed by atoms with Crippen LogP contribution in [-0.4, -0.2) is 25.7 Å². The Labute approximate surface area is 92.3 Å². The van der Waals surface area contributed by atoms with Crippen molar-refractivity contribution in [3.8, 4) is 0 Å². The molecule has 1 fully saturated rings. The number of anilines is 1. The smallest absolute Gasteiger partial charge is 0.0366 e. The topological polar surface area (TPSA) is 15.3 Å². The van der Waals surface area contributed by atoms with E-state index in [4.69, 9.17) is 0 Å². The van der Waals surface area contributed by atoms with E-state index in [1.807, 2.05) is 12.1 Å². The Bertz CT molecular complexity index is 276. The molecule has 0 aromatic heterocycles. The van der Waals surface area contributed by atoms with Crippen molar-refractivity contribution in [2.45, 2.75) is 25.8 Å². The van der Waals surface area contributed by atoms with E-state index in [1.54, 1.807) is 0 Å². The molecule has 15 heavy (non-hydrogen) atoms. The minimum absolute atomic E-state index is 0.724. The van der Waals surface area contributed by atoms with Crippen molar-refractivity contribution in [3.05, 3.63) is 30.3 Å². The van der Waals surface area contributed by atoms with Crippen molar-refractivity contribution in [1.82, 2.24) is 5.32 Å². The van der Waals surface area contributed by atoms with Crippen LogP contribution in [0.1, 0.15) is 19.8 Å². The van der Waals surface area contributed by atoms with E-state index >= 15 is 0 Å². The molecule has 81 valence electrons. The Morgan fingerprint density at radius 3 is 2.60 bits per heavy atom. The summed E-state index contributed by atoms with van der Waals surface area (Å²) in [4.78, 5) is 2.46. The van der Waals surface area contributed by atoms with Gasteiger partial charge in [0.1, 0.15) is 0 Å². The summed E-state index contributed by atoms with van der Waals surface area (Å²) < 4.78 is 0. The molecule has 0 bridgehead atoms. The van der Waals surface area contributed by atoms with Crippen LogP contribution in [0.2, 0.25) is 0 Å². The fourth-order valence-electron chi connectivity index (χ4n) is 2.22. The Balaban J connectivity index is 1.88. The van der Waals surface area contributed by atoms with Gasteiger partial charge in [-0.3, -0.25) is 0 Å². The normalized spacial score (nSPS) is 18.1. The van der Waals surface area contributed by atoms with Gasteiger partial charge in [0.25, 0.3) is 0 Å². The Morgan fingerprint density at radius 2 is 2.00 bits per heavy atom. The summed E-state index contributed by atoms with van der Waals surface area (Å²) in [5, 5.41) is 3.52. The number of rotatable bonds is 3. The molecule has 2 nitrogen and oxygen atoms in total. The molecule has 2 rings (SSSR count). The molecule has 1 aliphatic rings. The maximum absolute atomic E-state index is 3.52. The van der Waals surface area contributed by atoms with Crippen LogP contribution in [0.15, 0.2) is 24.3 Å². The molecule has 1 heterocycles. The number of benzene rings is 1. The van der Waals surface area contributed by atoms with Crippen molar-refractivity contribution in [1.29, 1.82) is 0 Å². The summed E-state index contributed by atoms with van der Waals surface area (Å²) in [5.74, 6) is 0. The van der Waals surface area contributed by atoms with Crippen molar-refractivity contribution in [2.24, 2.45) is 0 Å². The highest BCUT2D eigenvalue weighted by molar-refractivity contribution is 5.46. The van der Waals surface area contributed by atoms with Crippen LogP contribution in [0.5, 0.6) is 0 Å². The summed E-state index contributed by atoms with van der Waals surface area (Å²) in [5.41, 5.74) is 1.34. The van der Waals surface area contributed by atoms with Crippen LogP contribution in [0.4, 0.5) is 5.69 Å². The van der Waals surface area contributed by atoms with Crippen LogP contribution in [-0.2, 0) is 0 Å². The minimum atomic E-state index is 0.724. The van der Waals surface area contributed by atoms with E-state index in [0.29, 0.717) is 0 Å². The second kappa shape index (κ2) is 5.17. The number of hydrogen-bond acceptors (Lipinski definition) is 2. The van der Waals surface area contributed by atoms with E-state index in [9.17, 15) is 0 Å². The third-order valence-corrected chi connectivity index (χ3v) is 3.05. The third-order valence-electron chi connectivity index (χ3n) is 3.05. The fraction of sp³-hybridized carbons (Fsp3) is 0.538. The van der Waals surface area contributed by atoms with Gasteiger partial charge in [-0.05, 0) is 37.6 Å². The van der Waals surface area contributed by atoms with Gasteiger partial charge in [-0.15, -0.1) is 0 Å². The highest BCUT2D eigenvalue weighted by Gasteiger charge is 2.17. The molecule has 1 N–H and O–H groups in total. The highest BCUT2D eigenvalue weighted by Crippen LogP contribution is 2.18. The molecule has 1 aromatic rings. The van der Waals surface area contributed by atoms with Gasteiger partial charge in [0.2, 0.25) is 0 Å². The molecule has 0 aliphatic carbocycles. The Morgan fingerprint density at radius 1 is 1.33 bits per heavy atom. The zero-order chi connectivity index (χ0) is 10.5. The Kier molecular flexibility index (Phi) is 3.62. The van der Waals surface area contributed by atoms with Gasteiger partial charge in [0.15, 0.2) is 0 Å². The lowest BCUT2D eigenvalue weighted by Crippen LogP contribution is -2.42. The second-order valence-electron chi connectivity index (χ2n) is 4.08. The van der Waals surface area contributed by atoms with Crippen LogP contribution in [0, 0.1) is 6.07 Å². The first-order valence-corrected chi connectivity index (χ1v) is 5.84. The average molecular weight is 203 g/mol. The summed E-state index contributed by atoms with van der Waals surface area (Å²) in [7, 11) is 0. The molecular weight excluding hydrogens is 184 g/mol. The maximum Gasteiger partial charge on any atom is 0.0366 e. The van der Waals surface area contributed by atoms with Crippen LogP contribution >= 0.6 is 0 Å². The average Bonchev–Trinajstić information content (AvgIpc) is 2.32. The van der Waals surface area contributed by atoms with Crippen molar-refractivity contribution in [3.63, 3.8) is 0 Å². The minimum Gasteiger partial charge on any atom is -0.371 e. The fourth-order valence-corrected chi connectivity index (χ4v) is 2.22. The zero-order valence-corrected chi connectivity index (χ0v) is 9.37. The van der Waals surface area contributed by atoms with Gasteiger partial charge in [0, 0.05) is 24.8 Å². The molecule has 0 unspecified atom stereocenters. The van der Waals surface area contributed by atoms with Crippen molar-refractivity contribution >= 4 is 5.69 Å². The maximum atomic E-state index is 3.52. The van der Waals surface area contributed by atoms with E-state index in [-0.39, 0.29) is 0 Å². The lowest BCUT2D eigenvalue weighted by Gasteiger charge is -2.33. The summed E-state index contributed by atoms with van der Waals surface area (Å²) in [6.07, 6.45) is 2.51. The molecule has 0 amide bonds. The summed E-state index contributed by atoms with van der Waals surface area (Å²) in [6.45, 7) is 5.60. The van der Waals surface area contributed by atoms with E-state index in [0.717, 1.165) is 12.6 Å². The van der Waals surface area contributed by atoms with Crippen LogP contribution in [0.25, 0.3) is 0 Å². The second-order valence-corrected chi connectivity index (χ2v) is 4.08. The summed E-state index contributed by atoms with van der Waals surface area (Å²) >= 11 is 0. The number of piperidine rings is 1. The lowest BCUT2D eigenvalue weighted by molar-refractivity contribution is 0.424. The number of nitrogens with one attached hydrogen (secondary N) is 1. The zero-order valence-electron chi connectivity index (χ0n) is 9.37. The van der Waals surface area contributed by atoms with Gasteiger partial charge in [-0.25, -0.2) is 0 Å². The molecule has 2 heteroatoms. The first-order valence-electron chi connectivity index (χ1n) is 5.84. The molecule has 0 atom stereocenters. The Hall–Kier alpha value is -1.02. The predicted octanol–water partition coefficient (Wildman–Crippen LogP) is 2.07. The predicted molar refractivity (Wildman–Crippen MR) is 64.2 cm³/mol. The third kappa shape index (κ3) is 2.72. The van der Waals surface area contributed by atoms with Crippen LogP contribution < -0.4 is 10.2 Å². The van der Waals surface area contributed by atoms with E-state index in [1.165, 1.54) is 31.6 Å². The highest BCUT2D eigenvalue weighted by atomic mass is 15.1. The molecule has 1 aliphatic heterocycles. The molecule has 1 saturated heterocycles. The van der Waals surface area contributed by atoms with Gasteiger partial charge in [-0.2, -0.15) is 0 Å². The van der Waals surface area contributed by atoms with E-state index in [2.05, 4.69) is 35.3 Å². The molecule has 0 spiro atoms. The summed E-state index contributed by atoms with van der Waals surface area (Å²) in [6, 6.07) is 12.1. The molecule has 1 radical (unpaired) electrons. The quantitative estimate of drug-likeness (QED) is 0.809. The molecule has 0 saturated carbocycles. The number of nitrogens with zero attached hydrogens (tertiary/aromatic N) is 1. The van der Waals surface area contributed by atoms with Gasteiger partial charge < -0.3 is 10.2 Å². The largest absolute Gasteiger partial charge is 0.371 e. The standard InChI is InChI=1S/C13H19N2/c1-2-14-12-8-10-15(11-9-12)13-6-4-3-5-7-13/h4-7,12,14H,2,8-11H2,1H3. The SMILES string of the molecule is CCNC1CCN(c2cc[c]cc2)CC1. The van der Waals surface area contributed by atoms with Gasteiger partial charge >= 0.3 is 0 Å². The molecule has 1 aromatic carbocycles. The van der Waals surface area contributed by atoms with Gasteiger partial charge in [-0.1, -0.05) is 19.1 Å². The lowest BCUT2D eigenvalue weighted by atomic mass is 10.0. The number of hydrogen-bond donors (Lipinski definition) is 1. The van der Waals surface area contributed by atoms with E-state index < -0.39 is 0 Å². The van der Waals surface area contributed by atoms with Gasteiger partial charge in [0.05, 0.1) is 0 Å². The van der Waals surface area contributed by atoms with Crippen molar-refractivity contribution < 1.29 is 0 Å². The first-order chi connectivity index (χ1) is 7.40. The molecular formula is C13H19N2. The monoisotopic (exact) mass is 203 g/mol.